The molecule has 1 fully saturated rings. The van der Waals surface area contributed by atoms with Gasteiger partial charge in [-0.3, -0.25) is 4.79 Å². The second-order valence-electron chi connectivity index (χ2n) is 4.79. The van der Waals surface area contributed by atoms with Gasteiger partial charge in [0.2, 0.25) is 11.9 Å². The zero-order valence-corrected chi connectivity index (χ0v) is 11.3. The maximum absolute atomic E-state index is 11.8. The standard InChI is InChI=1S/C14H20N4O/c1-3-7-15-13(19)12-5-9-18(10-6-12)14-16-8-4-11(2)17-14/h3-4,8,12H,1,5-7,9-10H2,2H3,(H,15,19). The van der Waals surface area contributed by atoms with Gasteiger partial charge in [0.15, 0.2) is 0 Å². The molecule has 0 unspecified atom stereocenters. The van der Waals surface area contributed by atoms with Gasteiger partial charge in [-0.1, -0.05) is 6.08 Å². The lowest BCUT2D eigenvalue weighted by Gasteiger charge is -2.31. The normalized spacial score (nSPS) is 16.2. The molecule has 2 heterocycles. The van der Waals surface area contributed by atoms with Gasteiger partial charge in [0.05, 0.1) is 0 Å². The van der Waals surface area contributed by atoms with E-state index in [0.29, 0.717) is 6.54 Å². The molecule has 5 heteroatoms. The molecule has 1 saturated heterocycles. The van der Waals surface area contributed by atoms with Crippen LogP contribution in [0, 0.1) is 12.8 Å². The highest BCUT2D eigenvalue weighted by molar-refractivity contribution is 5.79. The number of aryl methyl sites for hydroxylation is 1. The van der Waals surface area contributed by atoms with Crippen molar-refractivity contribution >= 4 is 11.9 Å². The van der Waals surface area contributed by atoms with Gasteiger partial charge >= 0.3 is 0 Å². The van der Waals surface area contributed by atoms with Crippen LogP contribution >= 0.6 is 0 Å². The van der Waals surface area contributed by atoms with Crippen LogP contribution in [0.15, 0.2) is 24.9 Å². The summed E-state index contributed by atoms with van der Waals surface area (Å²) in [5.41, 5.74) is 0.968. The third kappa shape index (κ3) is 3.53. The summed E-state index contributed by atoms with van der Waals surface area (Å²) in [5, 5.41) is 2.86. The summed E-state index contributed by atoms with van der Waals surface area (Å²) in [6.07, 6.45) is 5.18. The first-order chi connectivity index (χ1) is 9.20. The number of carbonyl (C=O) groups excluding carboxylic acids is 1. The van der Waals surface area contributed by atoms with Crippen molar-refractivity contribution in [3.8, 4) is 0 Å². The minimum atomic E-state index is 0.0982. The molecular formula is C14H20N4O. The molecular weight excluding hydrogens is 240 g/mol. The van der Waals surface area contributed by atoms with Crippen LogP contribution in [0.3, 0.4) is 0 Å². The Morgan fingerprint density at radius 3 is 2.95 bits per heavy atom. The lowest BCUT2D eigenvalue weighted by molar-refractivity contribution is -0.125. The van der Waals surface area contributed by atoms with Crippen molar-refractivity contribution in [2.24, 2.45) is 5.92 Å². The number of piperidine rings is 1. The molecule has 0 aromatic carbocycles. The number of anilines is 1. The Balaban J connectivity index is 1.88. The Morgan fingerprint density at radius 2 is 2.32 bits per heavy atom. The zero-order chi connectivity index (χ0) is 13.7. The van der Waals surface area contributed by atoms with Crippen molar-refractivity contribution in [3.63, 3.8) is 0 Å². The first-order valence-electron chi connectivity index (χ1n) is 6.64. The Hall–Kier alpha value is -1.91. The van der Waals surface area contributed by atoms with E-state index in [2.05, 4.69) is 26.8 Å². The molecule has 0 bridgehead atoms. The maximum atomic E-state index is 11.8. The van der Waals surface area contributed by atoms with E-state index >= 15 is 0 Å². The van der Waals surface area contributed by atoms with Crippen molar-refractivity contribution in [3.05, 3.63) is 30.6 Å². The second-order valence-corrected chi connectivity index (χ2v) is 4.79. The van der Waals surface area contributed by atoms with Gasteiger partial charge < -0.3 is 10.2 Å². The van der Waals surface area contributed by atoms with E-state index in [9.17, 15) is 4.79 Å². The van der Waals surface area contributed by atoms with E-state index in [0.717, 1.165) is 37.6 Å². The lowest BCUT2D eigenvalue weighted by Crippen LogP contribution is -2.41. The van der Waals surface area contributed by atoms with Crippen molar-refractivity contribution in [1.82, 2.24) is 15.3 Å². The van der Waals surface area contributed by atoms with Crippen LogP contribution < -0.4 is 10.2 Å². The summed E-state index contributed by atoms with van der Waals surface area (Å²) in [4.78, 5) is 22.7. The largest absolute Gasteiger partial charge is 0.352 e. The summed E-state index contributed by atoms with van der Waals surface area (Å²) < 4.78 is 0. The molecule has 102 valence electrons. The molecule has 19 heavy (non-hydrogen) atoms. The van der Waals surface area contributed by atoms with Crippen molar-refractivity contribution in [2.45, 2.75) is 19.8 Å². The van der Waals surface area contributed by atoms with Crippen LogP contribution in [0.1, 0.15) is 18.5 Å². The van der Waals surface area contributed by atoms with E-state index in [-0.39, 0.29) is 11.8 Å². The molecule has 1 N–H and O–H groups in total. The molecule has 1 aromatic heterocycles. The van der Waals surface area contributed by atoms with Gasteiger partial charge in [0, 0.05) is 37.4 Å². The SMILES string of the molecule is C=CCNC(=O)C1CCN(c2nccc(C)n2)CC1. The smallest absolute Gasteiger partial charge is 0.225 e. The van der Waals surface area contributed by atoms with E-state index in [4.69, 9.17) is 0 Å². The van der Waals surface area contributed by atoms with Crippen LogP contribution in [0.4, 0.5) is 5.95 Å². The molecule has 1 aromatic rings. The molecule has 0 aliphatic carbocycles. The van der Waals surface area contributed by atoms with Crippen LogP contribution in [-0.2, 0) is 4.79 Å². The molecule has 1 aliphatic heterocycles. The average Bonchev–Trinajstić information content (AvgIpc) is 2.45. The van der Waals surface area contributed by atoms with Gasteiger partial charge in [0.25, 0.3) is 0 Å². The number of rotatable bonds is 4. The molecule has 1 aliphatic rings. The van der Waals surface area contributed by atoms with E-state index in [1.54, 1.807) is 12.3 Å². The number of aromatic nitrogens is 2. The number of nitrogens with zero attached hydrogens (tertiary/aromatic N) is 3. The van der Waals surface area contributed by atoms with Crippen molar-refractivity contribution in [1.29, 1.82) is 0 Å². The highest BCUT2D eigenvalue weighted by Crippen LogP contribution is 2.20. The molecule has 0 atom stereocenters. The minimum Gasteiger partial charge on any atom is -0.352 e. The lowest BCUT2D eigenvalue weighted by atomic mass is 9.96. The highest BCUT2D eigenvalue weighted by atomic mass is 16.1. The van der Waals surface area contributed by atoms with Crippen molar-refractivity contribution in [2.75, 3.05) is 24.5 Å². The number of hydrogen-bond acceptors (Lipinski definition) is 4. The molecule has 0 spiro atoms. The first-order valence-corrected chi connectivity index (χ1v) is 6.64. The van der Waals surface area contributed by atoms with Gasteiger partial charge in [-0.2, -0.15) is 0 Å². The average molecular weight is 260 g/mol. The third-order valence-electron chi connectivity index (χ3n) is 3.35. The molecule has 2 rings (SSSR count). The predicted molar refractivity (Wildman–Crippen MR) is 74.9 cm³/mol. The molecule has 0 radical (unpaired) electrons. The fourth-order valence-corrected chi connectivity index (χ4v) is 2.25. The minimum absolute atomic E-state index is 0.0982. The second kappa shape index (κ2) is 6.31. The van der Waals surface area contributed by atoms with Gasteiger partial charge in [-0.25, -0.2) is 9.97 Å². The van der Waals surface area contributed by atoms with E-state index < -0.39 is 0 Å². The number of amides is 1. The van der Waals surface area contributed by atoms with Gasteiger partial charge in [-0.15, -0.1) is 6.58 Å². The van der Waals surface area contributed by atoms with Crippen LogP contribution in [0.2, 0.25) is 0 Å². The summed E-state index contributed by atoms with van der Waals surface area (Å²) in [6.45, 7) is 7.76. The quantitative estimate of drug-likeness (QED) is 0.829. The van der Waals surface area contributed by atoms with E-state index in [1.165, 1.54) is 0 Å². The van der Waals surface area contributed by atoms with Crippen LogP contribution in [0.25, 0.3) is 0 Å². The first kappa shape index (κ1) is 13.5. The van der Waals surface area contributed by atoms with Gasteiger partial charge in [0.1, 0.15) is 0 Å². The van der Waals surface area contributed by atoms with Crippen LogP contribution in [0.5, 0.6) is 0 Å². The summed E-state index contributed by atoms with van der Waals surface area (Å²) in [6, 6.07) is 1.89. The third-order valence-corrected chi connectivity index (χ3v) is 3.35. The fraction of sp³-hybridized carbons (Fsp3) is 0.500. The van der Waals surface area contributed by atoms with Gasteiger partial charge in [-0.05, 0) is 25.8 Å². The summed E-state index contributed by atoms with van der Waals surface area (Å²) >= 11 is 0. The maximum Gasteiger partial charge on any atom is 0.225 e. The van der Waals surface area contributed by atoms with E-state index in [1.807, 2.05) is 13.0 Å². The summed E-state index contributed by atoms with van der Waals surface area (Å²) in [5.74, 6) is 0.996. The Kier molecular flexibility index (Phi) is 4.49. The number of nitrogens with one attached hydrogen (secondary N) is 1. The predicted octanol–water partition coefficient (Wildman–Crippen LogP) is 1.30. The van der Waals surface area contributed by atoms with Crippen molar-refractivity contribution < 1.29 is 4.79 Å². The molecule has 5 nitrogen and oxygen atoms in total. The highest BCUT2D eigenvalue weighted by Gasteiger charge is 2.25. The topological polar surface area (TPSA) is 58.1 Å². The zero-order valence-electron chi connectivity index (χ0n) is 11.3. The van der Waals surface area contributed by atoms with Crippen LogP contribution in [-0.4, -0.2) is 35.5 Å². The Labute approximate surface area is 113 Å². The molecule has 0 saturated carbocycles. The Morgan fingerprint density at radius 1 is 1.58 bits per heavy atom. The number of hydrogen-bond donors (Lipinski definition) is 1. The monoisotopic (exact) mass is 260 g/mol. The Bertz CT molecular complexity index is 453. The fourth-order valence-electron chi connectivity index (χ4n) is 2.25. The molecule has 1 amide bonds. The summed E-state index contributed by atoms with van der Waals surface area (Å²) in [7, 11) is 0. The number of carbonyl (C=O) groups is 1.